The summed E-state index contributed by atoms with van der Waals surface area (Å²) in [4.78, 5) is 5.07. The first-order valence-electron chi connectivity index (χ1n) is 11.0. The molecule has 2 saturated carbocycles. The molecule has 3 aliphatic rings. The van der Waals surface area contributed by atoms with Gasteiger partial charge in [0.05, 0.1) is 0 Å². The fraction of sp³-hybridized carbons (Fsp3) is 0.750. The van der Waals surface area contributed by atoms with Crippen molar-refractivity contribution in [3.05, 3.63) is 29.6 Å². The summed E-state index contributed by atoms with van der Waals surface area (Å²) in [7, 11) is 0. The summed E-state index contributed by atoms with van der Waals surface area (Å²) >= 11 is 0. The van der Waals surface area contributed by atoms with Gasteiger partial charge in [0.25, 0.3) is 0 Å². The maximum atomic E-state index is 14.2. The van der Waals surface area contributed by atoms with Crippen LogP contribution >= 0.6 is 12.4 Å². The van der Waals surface area contributed by atoms with E-state index in [0.29, 0.717) is 16.7 Å². The topological polar surface area (TPSA) is 6.48 Å². The van der Waals surface area contributed by atoms with E-state index in [1.165, 1.54) is 49.9 Å². The molecule has 0 N–H and O–H groups in total. The number of hydrogen-bond acceptors (Lipinski definition) is 2. The van der Waals surface area contributed by atoms with Gasteiger partial charge in [0.1, 0.15) is 5.82 Å². The lowest BCUT2D eigenvalue weighted by Gasteiger charge is -2.46. The van der Waals surface area contributed by atoms with Gasteiger partial charge in [0.15, 0.2) is 0 Å². The molecule has 0 bridgehead atoms. The van der Waals surface area contributed by atoms with Crippen LogP contribution in [0.2, 0.25) is 0 Å². The lowest BCUT2D eigenvalue weighted by molar-refractivity contribution is 0.0969. The monoisotopic (exact) mass is 408 g/mol. The van der Waals surface area contributed by atoms with Crippen LogP contribution in [0.1, 0.15) is 71.3 Å². The number of benzene rings is 1. The molecule has 1 saturated heterocycles. The zero-order chi connectivity index (χ0) is 19.2. The van der Waals surface area contributed by atoms with Crippen LogP contribution in [0.25, 0.3) is 0 Å². The van der Waals surface area contributed by atoms with Crippen LogP contribution in [0.4, 0.5) is 10.1 Å². The van der Waals surface area contributed by atoms with Gasteiger partial charge in [0.2, 0.25) is 0 Å². The Morgan fingerprint density at radius 2 is 1.57 bits per heavy atom. The Balaban J connectivity index is 0.00000225. The third-order valence-electron chi connectivity index (χ3n) is 6.91. The second kappa shape index (κ2) is 8.14. The Morgan fingerprint density at radius 3 is 2.14 bits per heavy atom. The summed E-state index contributed by atoms with van der Waals surface area (Å²) in [6, 6.07) is 5.57. The number of rotatable bonds is 4. The minimum absolute atomic E-state index is 0. The van der Waals surface area contributed by atoms with Crippen molar-refractivity contribution >= 4 is 18.1 Å². The van der Waals surface area contributed by atoms with E-state index in [2.05, 4.69) is 43.6 Å². The number of anilines is 1. The third kappa shape index (κ3) is 5.21. The molecule has 1 aromatic rings. The van der Waals surface area contributed by atoms with Gasteiger partial charge in [-0.25, -0.2) is 4.39 Å². The number of halogens is 2. The second-order valence-corrected chi connectivity index (χ2v) is 11.0. The SMILES string of the molecule is CC1(C)CC(c2ccc(F)cc2N2CCN(CC3CC3)CC2)CC(C)(C)C1.Cl. The zero-order valence-corrected chi connectivity index (χ0v) is 19.0. The first-order valence-corrected chi connectivity index (χ1v) is 11.0. The van der Waals surface area contributed by atoms with Crippen LogP contribution in [-0.4, -0.2) is 37.6 Å². The minimum Gasteiger partial charge on any atom is -0.369 e. The molecule has 1 aromatic carbocycles. The highest BCUT2D eigenvalue weighted by Gasteiger charge is 2.40. The Labute approximate surface area is 177 Å². The number of nitrogens with zero attached hydrogens (tertiary/aromatic N) is 2. The van der Waals surface area contributed by atoms with E-state index in [-0.39, 0.29) is 18.2 Å². The average Bonchev–Trinajstić information content (AvgIpc) is 3.36. The first kappa shape index (κ1) is 21.9. The Bertz CT molecular complexity index is 659. The molecule has 1 aliphatic heterocycles. The lowest BCUT2D eigenvalue weighted by Crippen LogP contribution is -2.47. The van der Waals surface area contributed by atoms with Crippen LogP contribution in [0.15, 0.2) is 18.2 Å². The minimum atomic E-state index is -0.0940. The molecule has 0 spiro atoms. The maximum Gasteiger partial charge on any atom is 0.125 e. The van der Waals surface area contributed by atoms with Crippen molar-refractivity contribution < 1.29 is 4.39 Å². The van der Waals surface area contributed by atoms with Crippen molar-refractivity contribution in [3.8, 4) is 0 Å². The average molecular weight is 409 g/mol. The van der Waals surface area contributed by atoms with Gasteiger partial charge in [-0.05, 0) is 72.5 Å². The van der Waals surface area contributed by atoms with E-state index in [1.807, 2.05) is 0 Å². The molecule has 0 radical (unpaired) electrons. The van der Waals surface area contributed by atoms with Crippen LogP contribution < -0.4 is 4.90 Å². The summed E-state index contributed by atoms with van der Waals surface area (Å²) < 4.78 is 14.2. The highest BCUT2D eigenvalue weighted by Crippen LogP contribution is 2.53. The normalized spacial score (nSPS) is 25.4. The Morgan fingerprint density at radius 1 is 0.964 bits per heavy atom. The van der Waals surface area contributed by atoms with E-state index in [9.17, 15) is 4.39 Å². The smallest absolute Gasteiger partial charge is 0.125 e. The summed E-state index contributed by atoms with van der Waals surface area (Å²) in [5.74, 6) is 1.39. The van der Waals surface area contributed by atoms with Crippen LogP contribution in [0.5, 0.6) is 0 Å². The standard InChI is InChI=1S/C24H37FN2.ClH/c1-23(2)14-19(15-24(3,4)17-23)21-8-7-20(25)13-22(21)27-11-9-26(10-12-27)16-18-5-6-18;/h7-8,13,18-19H,5-6,9-12,14-17H2,1-4H3;1H. The van der Waals surface area contributed by atoms with Crippen molar-refractivity contribution in [2.75, 3.05) is 37.6 Å². The molecule has 4 rings (SSSR count). The summed E-state index contributed by atoms with van der Waals surface area (Å²) in [5.41, 5.74) is 3.25. The van der Waals surface area contributed by atoms with Gasteiger partial charge < -0.3 is 4.90 Å². The highest BCUT2D eigenvalue weighted by atomic mass is 35.5. The second-order valence-electron chi connectivity index (χ2n) is 11.0. The lowest BCUT2D eigenvalue weighted by atomic mass is 9.60. The molecule has 0 unspecified atom stereocenters. The van der Waals surface area contributed by atoms with Crippen molar-refractivity contribution in [2.45, 2.75) is 65.7 Å². The fourth-order valence-electron chi connectivity index (χ4n) is 6.04. The van der Waals surface area contributed by atoms with Crippen molar-refractivity contribution in [1.82, 2.24) is 4.90 Å². The first-order chi connectivity index (χ1) is 12.7. The van der Waals surface area contributed by atoms with Crippen molar-refractivity contribution in [1.29, 1.82) is 0 Å². The van der Waals surface area contributed by atoms with Crippen LogP contribution in [0.3, 0.4) is 0 Å². The van der Waals surface area contributed by atoms with E-state index >= 15 is 0 Å². The van der Waals surface area contributed by atoms with E-state index in [0.717, 1.165) is 32.1 Å². The van der Waals surface area contributed by atoms with Gasteiger partial charge >= 0.3 is 0 Å². The largest absolute Gasteiger partial charge is 0.369 e. The van der Waals surface area contributed by atoms with E-state index in [1.54, 1.807) is 12.1 Å². The molecule has 0 aromatic heterocycles. The molecule has 28 heavy (non-hydrogen) atoms. The van der Waals surface area contributed by atoms with Gasteiger partial charge in [-0.2, -0.15) is 0 Å². The molecule has 2 aliphatic carbocycles. The zero-order valence-electron chi connectivity index (χ0n) is 18.1. The maximum absolute atomic E-state index is 14.2. The molecular formula is C24H38ClFN2. The molecule has 2 nitrogen and oxygen atoms in total. The van der Waals surface area contributed by atoms with Gasteiger partial charge in [-0.3, -0.25) is 4.90 Å². The predicted molar refractivity (Wildman–Crippen MR) is 119 cm³/mol. The van der Waals surface area contributed by atoms with Crippen molar-refractivity contribution in [3.63, 3.8) is 0 Å². The molecular weight excluding hydrogens is 371 g/mol. The van der Waals surface area contributed by atoms with Crippen LogP contribution in [0, 0.1) is 22.6 Å². The van der Waals surface area contributed by atoms with E-state index < -0.39 is 0 Å². The summed E-state index contributed by atoms with van der Waals surface area (Å²) in [5, 5.41) is 0. The Kier molecular flexibility index (Phi) is 6.37. The Hall–Kier alpha value is -0.800. The van der Waals surface area contributed by atoms with E-state index in [4.69, 9.17) is 0 Å². The molecule has 1 heterocycles. The van der Waals surface area contributed by atoms with Crippen LogP contribution in [-0.2, 0) is 0 Å². The molecule has 158 valence electrons. The fourth-order valence-corrected chi connectivity index (χ4v) is 6.04. The van der Waals surface area contributed by atoms with Crippen molar-refractivity contribution in [2.24, 2.45) is 16.7 Å². The van der Waals surface area contributed by atoms with Gasteiger partial charge in [0, 0.05) is 38.4 Å². The number of piperazine rings is 1. The predicted octanol–water partition coefficient (Wildman–Crippen LogP) is 6.10. The number of hydrogen-bond donors (Lipinski definition) is 0. The molecule has 0 amide bonds. The molecule has 0 atom stereocenters. The quantitative estimate of drug-likeness (QED) is 0.593. The van der Waals surface area contributed by atoms with Gasteiger partial charge in [-0.1, -0.05) is 33.8 Å². The highest BCUT2D eigenvalue weighted by molar-refractivity contribution is 5.85. The summed E-state index contributed by atoms with van der Waals surface area (Å²) in [6.45, 7) is 15.2. The third-order valence-corrected chi connectivity index (χ3v) is 6.91. The molecule has 3 fully saturated rings. The van der Waals surface area contributed by atoms with Gasteiger partial charge in [-0.15, -0.1) is 12.4 Å². The summed E-state index contributed by atoms with van der Waals surface area (Å²) in [6.07, 6.45) is 6.52. The molecule has 4 heteroatoms.